The number of rotatable bonds is 0. The summed E-state index contributed by atoms with van der Waals surface area (Å²) in [5, 5.41) is 11.7. The lowest BCUT2D eigenvalue weighted by molar-refractivity contribution is -0.177. The molecule has 4 aliphatic rings. The summed E-state index contributed by atoms with van der Waals surface area (Å²) < 4.78 is 0. The maximum Gasteiger partial charge on any atom is 0.139 e. The minimum absolute atomic E-state index is 0.113. The van der Waals surface area contributed by atoms with E-state index in [4.69, 9.17) is 0 Å². The average molecular weight is 286 g/mol. The molecule has 2 nitrogen and oxygen atoms in total. The highest BCUT2D eigenvalue weighted by Gasteiger charge is 2.64. The SMILES string of the molecule is C[C@]12CCC=CC1=CC[C@H]1[C@@H]3CCC(=O)[C@@]3(C)CC[C@@]12O. The lowest BCUT2D eigenvalue weighted by atomic mass is 9.46. The molecule has 21 heavy (non-hydrogen) atoms. The van der Waals surface area contributed by atoms with Gasteiger partial charge in [0, 0.05) is 17.3 Å². The van der Waals surface area contributed by atoms with Gasteiger partial charge in [-0.25, -0.2) is 0 Å². The summed E-state index contributed by atoms with van der Waals surface area (Å²) in [4.78, 5) is 12.4. The molecule has 4 rings (SSSR count). The Morgan fingerprint density at radius 3 is 2.81 bits per heavy atom. The molecule has 1 N–H and O–H groups in total. The summed E-state index contributed by atoms with van der Waals surface area (Å²) in [6.07, 6.45) is 13.2. The second kappa shape index (κ2) is 4.10. The fraction of sp³-hybridized carbons (Fsp3) is 0.737. The Hall–Kier alpha value is -0.890. The van der Waals surface area contributed by atoms with Gasteiger partial charge >= 0.3 is 0 Å². The van der Waals surface area contributed by atoms with Gasteiger partial charge in [-0.1, -0.05) is 32.1 Å². The Balaban J connectivity index is 1.81. The Bertz CT molecular complexity index is 560. The molecule has 0 aliphatic heterocycles. The molecule has 2 heteroatoms. The minimum atomic E-state index is -0.614. The third-order valence-electron chi connectivity index (χ3n) is 7.56. The number of carbonyl (C=O) groups excluding carboxylic acids is 1. The second-order valence-corrected chi connectivity index (χ2v) is 8.18. The highest BCUT2D eigenvalue weighted by Crippen LogP contribution is 2.65. The molecule has 0 heterocycles. The summed E-state index contributed by atoms with van der Waals surface area (Å²) in [5.41, 5.74) is 0.442. The van der Waals surface area contributed by atoms with E-state index < -0.39 is 5.60 Å². The van der Waals surface area contributed by atoms with E-state index in [1.54, 1.807) is 0 Å². The van der Waals surface area contributed by atoms with Crippen LogP contribution in [0.1, 0.15) is 58.8 Å². The van der Waals surface area contributed by atoms with Gasteiger partial charge < -0.3 is 5.11 Å². The summed E-state index contributed by atoms with van der Waals surface area (Å²) >= 11 is 0. The Morgan fingerprint density at radius 2 is 2.00 bits per heavy atom. The summed E-state index contributed by atoms with van der Waals surface area (Å²) in [7, 11) is 0. The Labute approximate surface area is 127 Å². The van der Waals surface area contributed by atoms with Crippen LogP contribution in [-0.4, -0.2) is 16.5 Å². The van der Waals surface area contributed by atoms with Crippen molar-refractivity contribution >= 4 is 5.78 Å². The second-order valence-electron chi connectivity index (χ2n) is 8.18. The van der Waals surface area contributed by atoms with Gasteiger partial charge in [0.05, 0.1) is 5.60 Å². The first kappa shape index (κ1) is 13.8. The molecule has 0 radical (unpaired) electrons. The van der Waals surface area contributed by atoms with Crippen LogP contribution in [0.3, 0.4) is 0 Å². The standard InChI is InChI=1S/C19H26O2/c1-17-11-12-19(21)15(14(17)8-9-16(17)20)7-6-13-5-3-4-10-18(13,19)2/h3,5-6,14-15,21H,4,7-12H2,1-2H3/t14-,15-,17-,18-,19+/m0/s1. The average Bonchev–Trinajstić information content (AvgIpc) is 2.76. The number of Topliss-reactive ketones (excluding diaryl/α,β-unsaturated/α-hetero) is 1. The van der Waals surface area contributed by atoms with Crippen molar-refractivity contribution in [1.82, 2.24) is 0 Å². The first-order valence-electron chi connectivity index (χ1n) is 8.55. The zero-order valence-electron chi connectivity index (χ0n) is 13.2. The molecule has 0 aromatic heterocycles. The molecule has 2 fully saturated rings. The topological polar surface area (TPSA) is 37.3 Å². The molecule has 0 bridgehead atoms. The first-order valence-corrected chi connectivity index (χ1v) is 8.55. The van der Waals surface area contributed by atoms with Gasteiger partial charge in [0.1, 0.15) is 5.78 Å². The third-order valence-corrected chi connectivity index (χ3v) is 7.56. The van der Waals surface area contributed by atoms with Gasteiger partial charge in [0.25, 0.3) is 0 Å². The highest BCUT2D eigenvalue weighted by molar-refractivity contribution is 5.87. The molecule has 0 amide bonds. The van der Waals surface area contributed by atoms with Gasteiger partial charge in [-0.2, -0.15) is 0 Å². The number of hydrogen-bond donors (Lipinski definition) is 1. The van der Waals surface area contributed by atoms with Crippen LogP contribution in [0, 0.1) is 22.7 Å². The van der Waals surface area contributed by atoms with Gasteiger partial charge in [-0.3, -0.25) is 4.79 Å². The predicted molar refractivity (Wildman–Crippen MR) is 82.7 cm³/mol. The minimum Gasteiger partial charge on any atom is -0.389 e. The molecule has 4 aliphatic carbocycles. The maximum absolute atomic E-state index is 12.4. The van der Waals surface area contributed by atoms with Crippen LogP contribution < -0.4 is 0 Å². The van der Waals surface area contributed by atoms with Gasteiger partial charge in [-0.05, 0) is 55.9 Å². The number of allylic oxidation sites excluding steroid dienone is 3. The fourth-order valence-corrected chi connectivity index (χ4v) is 6.00. The number of hydrogen-bond acceptors (Lipinski definition) is 2. The molecular formula is C19H26O2. The van der Waals surface area contributed by atoms with Crippen molar-refractivity contribution in [2.75, 3.05) is 0 Å². The molecule has 0 saturated heterocycles. The van der Waals surface area contributed by atoms with Crippen LogP contribution in [-0.2, 0) is 4.79 Å². The quantitative estimate of drug-likeness (QED) is 0.735. The van der Waals surface area contributed by atoms with E-state index in [0.29, 0.717) is 11.7 Å². The molecular weight excluding hydrogens is 260 g/mol. The van der Waals surface area contributed by atoms with Crippen molar-refractivity contribution in [3.8, 4) is 0 Å². The van der Waals surface area contributed by atoms with Crippen molar-refractivity contribution in [1.29, 1.82) is 0 Å². The van der Waals surface area contributed by atoms with Gasteiger partial charge in [0.2, 0.25) is 0 Å². The molecule has 0 unspecified atom stereocenters. The van der Waals surface area contributed by atoms with E-state index in [9.17, 15) is 9.90 Å². The van der Waals surface area contributed by atoms with Crippen LogP contribution in [0.5, 0.6) is 0 Å². The molecule has 0 spiro atoms. The lowest BCUT2D eigenvalue weighted by Gasteiger charge is -2.60. The molecule has 114 valence electrons. The van der Waals surface area contributed by atoms with E-state index in [1.807, 2.05) is 0 Å². The van der Waals surface area contributed by atoms with E-state index in [2.05, 4.69) is 32.1 Å². The molecule has 0 aromatic carbocycles. The van der Waals surface area contributed by atoms with Crippen molar-refractivity contribution in [2.24, 2.45) is 22.7 Å². The first-order chi connectivity index (χ1) is 9.92. The van der Waals surface area contributed by atoms with Crippen LogP contribution >= 0.6 is 0 Å². The van der Waals surface area contributed by atoms with Crippen molar-refractivity contribution in [3.63, 3.8) is 0 Å². The number of fused-ring (bicyclic) bond motifs is 5. The van der Waals surface area contributed by atoms with E-state index in [0.717, 1.165) is 44.9 Å². The van der Waals surface area contributed by atoms with Crippen LogP contribution in [0.15, 0.2) is 23.8 Å². The van der Waals surface area contributed by atoms with Crippen LogP contribution in [0.4, 0.5) is 0 Å². The summed E-state index contributed by atoms with van der Waals surface area (Å²) in [6.45, 7) is 4.42. The van der Waals surface area contributed by atoms with Crippen molar-refractivity contribution in [2.45, 2.75) is 64.4 Å². The molecule has 0 aromatic rings. The number of carbonyl (C=O) groups is 1. The van der Waals surface area contributed by atoms with E-state index in [1.165, 1.54) is 5.57 Å². The molecule has 2 saturated carbocycles. The Morgan fingerprint density at radius 1 is 1.19 bits per heavy atom. The fourth-order valence-electron chi connectivity index (χ4n) is 6.00. The predicted octanol–water partition coefficient (Wildman–Crippen LogP) is 3.80. The van der Waals surface area contributed by atoms with Crippen molar-refractivity contribution in [3.05, 3.63) is 23.8 Å². The smallest absolute Gasteiger partial charge is 0.139 e. The third kappa shape index (κ3) is 1.50. The zero-order chi connectivity index (χ0) is 14.9. The number of aliphatic hydroxyl groups is 1. The summed E-state index contributed by atoms with van der Waals surface area (Å²) in [5.74, 6) is 1.09. The zero-order valence-corrected chi connectivity index (χ0v) is 13.2. The monoisotopic (exact) mass is 286 g/mol. The maximum atomic E-state index is 12.4. The van der Waals surface area contributed by atoms with Crippen LogP contribution in [0.2, 0.25) is 0 Å². The lowest BCUT2D eigenvalue weighted by Crippen LogP contribution is -2.62. The summed E-state index contributed by atoms with van der Waals surface area (Å²) in [6, 6.07) is 0. The van der Waals surface area contributed by atoms with Gasteiger partial charge in [-0.15, -0.1) is 0 Å². The number of ketones is 1. The largest absolute Gasteiger partial charge is 0.389 e. The molecule has 5 atom stereocenters. The Kier molecular flexibility index (Phi) is 2.68. The van der Waals surface area contributed by atoms with Crippen LogP contribution in [0.25, 0.3) is 0 Å². The highest BCUT2D eigenvalue weighted by atomic mass is 16.3. The van der Waals surface area contributed by atoms with E-state index >= 15 is 0 Å². The van der Waals surface area contributed by atoms with Crippen molar-refractivity contribution < 1.29 is 9.90 Å². The van der Waals surface area contributed by atoms with E-state index in [-0.39, 0.29) is 16.7 Å². The normalized spacial score (nSPS) is 52.0. The van der Waals surface area contributed by atoms with Gasteiger partial charge in [0.15, 0.2) is 0 Å².